The summed E-state index contributed by atoms with van der Waals surface area (Å²) in [6.45, 7) is 5.03. The van der Waals surface area contributed by atoms with Crippen molar-refractivity contribution in [2.45, 2.75) is 20.3 Å². The van der Waals surface area contributed by atoms with E-state index in [-0.39, 0.29) is 11.6 Å². The lowest BCUT2D eigenvalue weighted by atomic mass is 10.2. The number of hydrogen-bond donors (Lipinski definition) is 1. The van der Waals surface area contributed by atoms with Gasteiger partial charge in [-0.1, -0.05) is 25.1 Å². The molecular weight excluding hydrogens is 424 g/mol. The number of anilines is 2. The van der Waals surface area contributed by atoms with Gasteiger partial charge in [0.05, 0.1) is 24.5 Å². The fraction of sp³-hybridized carbons (Fsp3) is 0.200. The molecule has 0 radical (unpaired) electrons. The number of ether oxygens (including phenoxy) is 2. The molecule has 1 N–H and O–H groups in total. The zero-order chi connectivity index (χ0) is 22.5. The van der Waals surface area contributed by atoms with E-state index in [1.54, 1.807) is 18.2 Å². The highest BCUT2D eigenvalue weighted by Crippen LogP contribution is 2.36. The van der Waals surface area contributed by atoms with Crippen LogP contribution in [0.25, 0.3) is 5.57 Å². The minimum absolute atomic E-state index is 0.242. The van der Waals surface area contributed by atoms with E-state index in [0.717, 1.165) is 11.3 Å². The van der Waals surface area contributed by atoms with Crippen molar-refractivity contribution in [3.63, 3.8) is 0 Å². The molecule has 7 heteroatoms. The lowest BCUT2D eigenvalue weighted by Crippen LogP contribution is -2.32. The maximum Gasteiger partial charge on any atom is 0.282 e. The fourth-order valence-electron chi connectivity index (χ4n) is 3.44. The predicted octanol–water partition coefficient (Wildman–Crippen LogP) is 5.33. The van der Waals surface area contributed by atoms with Crippen LogP contribution < -0.4 is 19.7 Å². The van der Waals surface area contributed by atoms with Crippen LogP contribution in [0.4, 0.5) is 11.4 Å². The number of carbonyl (C=O) groups is 2. The molecule has 3 aromatic rings. The summed E-state index contributed by atoms with van der Waals surface area (Å²) >= 11 is 1.42. The first-order valence-corrected chi connectivity index (χ1v) is 11.4. The van der Waals surface area contributed by atoms with Crippen LogP contribution in [0.5, 0.6) is 11.5 Å². The molecule has 1 aromatic heterocycles. The molecule has 6 nitrogen and oxygen atoms in total. The topological polar surface area (TPSA) is 67.9 Å². The quantitative estimate of drug-likeness (QED) is 0.448. The van der Waals surface area contributed by atoms with Crippen LogP contribution in [0.1, 0.15) is 25.1 Å². The van der Waals surface area contributed by atoms with Crippen LogP contribution in [0.15, 0.2) is 71.7 Å². The average molecular weight is 449 g/mol. The number of rotatable bonds is 9. The Bertz CT molecular complexity index is 1150. The lowest BCUT2D eigenvalue weighted by molar-refractivity contribution is -0.120. The monoisotopic (exact) mass is 448 g/mol. The van der Waals surface area contributed by atoms with Crippen molar-refractivity contribution in [3.8, 4) is 11.5 Å². The highest BCUT2D eigenvalue weighted by Gasteiger charge is 2.40. The Hall–Kier alpha value is -3.58. The molecule has 0 saturated heterocycles. The molecule has 0 atom stereocenters. The van der Waals surface area contributed by atoms with E-state index in [2.05, 4.69) is 5.32 Å². The van der Waals surface area contributed by atoms with Crippen LogP contribution in [-0.2, 0) is 9.59 Å². The third kappa shape index (κ3) is 4.38. The Balaban J connectivity index is 1.71. The van der Waals surface area contributed by atoms with E-state index in [1.807, 2.05) is 61.7 Å². The second-order valence-electron chi connectivity index (χ2n) is 7.10. The summed E-state index contributed by atoms with van der Waals surface area (Å²) in [4.78, 5) is 28.9. The van der Waals surface area contributed by atoms with E-state index >= 15 is 0 Å². The third-order valence-corrected chi connectivity index (χ3v) is 5.70. The summed E-state index contributed by atoms with van der Waals surface area (Å²) in [5.74, 6) is 0.528. The largest absolute Gasteiger partial charge is 0.494 e. The number of imide groups is 1. The van der Waals surface area contributed by atoms with Gasteiger partial charge in [-0.2, -0.15) is 0 Å². The number of benzene rings is 2. The van der Waals surface area contributed by atoms with E-state index in [9.17, 15) is 9.59 Å². The number of carbonyl (C=O) groups excluding carboxylic acids is 2. The molecule has 0 fully saturated rings. The maximum absolute atomic E-state index is 13.5. The van der Waals surface area contributed by atoms with Crippen LogP contribution in [0.2, 0.25) is 0 Å². The summed E-state index contributed by atoms with van der Waals surface area (Å²) in [6.07, 6.45) is 0.866. The first-order valence-electron chi connectivity index (χ1n) is 10.5. The fourth-order valence-corrected chi connectivity index (χ4v) is 4.20. The number of nitrogens with zero attached hydrogens (tertiary/aromatic N) is 1. The molecule has 0 bridgehead atoms. The molecule has 0 spiro atoms. The van der Waals surface area contributed by atoms with Gasteiger partial charge in [-0.05, 0) is 49.1 Å². The van der Waals surface area contributed by atoms with Crippen LogP contribution in [0, 0.1) is 0 Å². The van der Waals surface area contributed by atoms with Gasteiger partial charge in [-0.3, -0.25) is 9.59 Å². The molecule has 164 valence electrons. The molecular formula is C25H24N2O4S. The first-order chi connectivity index (χ1) is 15.6. The molecule has 2 heterocycles. The van der Waals surface area contributed by atoms with Crippen molar-refractivity contribution in [2.24, 2.45) is 0 Å². The highest BCUT2D eigenvalue weighted by atomic mass is 32.1. The number of hydrogen-bond acceptors (Lipinski definition) is 6. The smallest absolute Gasteiger partial charge is 0.282 e. The molecule has 1 aliphatic rings. The maximum atomic E-state index is 13.5. The van der Waals surface area contributed by atoms with Gasteiger partial charge in [0, 0.05) is 22.7 Å². The van der Waals surface area contributed by atoms with Gasteiger partial charge in [0.15, 0.2) is 0 Å². The zero-order valence-corrected chi connectivity index (χ0v) is 18.8. The minimum Gasteiger partial charge on any atom is -0.494 e. The van der Waals surface area contributed by atoms with E-state index < -0.39 is 5.91 Å². The van der Waals surface area contributed by atoms with E-state index in [4.69, 9.17) is 9.47 Å². The molecule has 1 aliphatic heterocycles. The Labute approximate surface area is 191 Å². The molecule has 32 heavy (non-hydrogen) atoms. The molecule has 0 aliphatic carbocycles. The summed E-state index contributed by atoms with van der Waals surface area (Å²) in [7, 11) is 0. The number of nitrogens with one attached hydrogen (secondary N) is 1. The minimum atomic E-state index is -0.409. The SMILES string of the molecule is CCCOc1cccc(N2C(=O)C(Nc3cccc(OCC)c3)=C(c3cccs3)C2=O)c1. The van der Waals surface area contributed by atoms with Gasteiger partial charge in [0.25, 0.3) is 11.8 Å². The van der Waals surface area contributed by atoms with Gasteiger partial charge in [0.2, 0.25) is 0 Å². The Morgan fingerprint density at radius 2 is 1.69 bits per heavy atom. The van der Waals surface area contributed by atoms with Crippen molar-refractivity contribution in [2.75, 3.05) is 23.4 Å². The van der Waals surface area contributed by atoms with Gasteiger partial charge in [-0.25, -0.2) is 4.90 Å². The average Bonchev–Trinajstić information content (AvgIpc) is 3.40. The third-order valence-electron chi connectivity index (χ3n) is 4.81. The van der Waals surface area contributed by atoms with Crippen molar-refractivity contribution >= 4 is 40.1 Å². The number of amides is 2. The van der Waals surface area contributed by atoms with Crippen LogP contribution >= 0.6 is 11.3 Å². The second-order valence-corrected chi connectivity index (χ2v) is 8.05. The Morgan fingerprint density at radius 1 is 0.906 bits per heavy atom. The molecule has 4 rings (SSSR count). The lowest BCUT2D eigenvalue weighted by Gasteiger charge is -2.16. The van der Waals surface area contributed by atoms with Crippen molar-refractivity contribution < 1.29 is 19.1 Å². The van der Waals surface area contributed by atoms with Gasteiger partial charge >= 0.3 is 0 Å². The van der Waals surface area contributed by atoms with Gasteiger partial charge in [-0.15, -0.1) is 11.3 Å². The van der Waals surface area contributed by atoms with Crippen molar-refractivity contribution in [3.05, 3.63) is 76.6 Å². The van der Waals surface area contributed by atoms with Gasteiger partial charge in [0.1, 0.15) is 17.2 Å². The summed E-state index contributed by atoms with van der Waals surface area (Å²) in [6, 6.07) is 18.1. The highest BCUT2D eigenvalue weighted by molar-refractivity contribution is 7.11. The molecule has 0 saturated carbocycles. The standard InChI is InChI=1S/C25H24N2O4S/c1-3-13-31-20-11-6-9-18(16-20)27-24(28)22(21-12-7-14-32-21)23(25(27)29)26-17-8-5-10-19(15-17)30-4-2/h5-12,14-16,26H,3-4,13H2,1-2H3. The normalized spacial score (nSPS) is 13.6. The first kappa shape index (κ1) is 21.6. The Kier molecular flexibility index (Phi) is 6.56. The van der Waals surface area contributed by atoms with Crippen LogP contribution in [0.3, 0.4) is 0 Å². The van der Waals surface area contributed by atoms with Gasteiger partial charge < -0.3 is 14.8 Å². The number of thiophene rings is 1. The summed E-state index contributed by atoms with van der Waals surface area (Å²) in [5.41, 5.74) is 1.74. The van der Waals surface area contributed by atoms with Crippen LogP contribution in [-0.4, -0.2) is 25.0 Å². The molecule has 0 unspecified atom stereocenters. The van der Waals surface area contributed by atoms with Crippen molar-refractivity contribution in [1.82, 2.24) is 0 Å². The van der Waals surface area contributed by atoms with E-state index in [1.165, 1.54) is 16.2 Å². The van der Waals surface area contributed by atoms with E-state index in [0.29, 0.717) is 41.7 Å². The summed E-state index contributed by atoms with van der Waals surface area (Å²) < 4.78 is 11.3. The van der Waals surface area contributed by atoms with Crippen molar-refractivity contribution in [1.29, 1.82) is 0 Å². The molecule has 2 amide bonds. The predicted molar refractivity (Wildman–Crippen MR) is 127 cm³/mol. The zero-order valence-electron chi connectivity index (χ0n) is 18.0. The summed E-state index contributed by atoms with van der Waals surface area (Å²) in [5, 5.41) is 5.05. The second kappa shape index (κ2) is 9.70. The Morgan fingerprint density at radius 3 is 2.41 bits per heavy atom. The molecule has 2 aromatic carbocycles.